The topological polar surface area (TPSA) is 27.0 Å². The minimum atomic E-state index is -1.54. The van der Waals surface area contributed by atoms with Crippen LogP contribution in [0.4, 0.5) is 0 Å². The maximum Gasteiger partial charge on any atom is 0.121 e. The van der Waals surface area contributed by atoms with Crippen molar-refractivity contribution < 1.29 is 0 Å². The van der Waals surface area contributed by atoms with Gasteiger partial charge in [0.1, 0.15) is 13.8 Å². The molecular weight excluding hydrogens is 260 g/mol. The first kappa shape index (κ1) is 15.3. The first-order chi connectivity index (χ1) is 9.48. The van der Waals surface area contributed by atoms with Gasteiger partial charge < -0.3 is 4.57 Å². The zero-order valence-corrected chi connectivity index (χ0v) is 14.0. The third-order valence-corrected chi connectivity index (χ3v) is 6.60. The first-order valence-electron chi connectivity index (χ1n) is 7.71. The average Bonchev–Trinajstić information content (AvgIpc) is 2.45. The molecule has 1 aliphatic rings. The Hall–Kier alpha value is -1.11. The molecule has 0 spiro atoms. The van der Waals surface area contributed by atoms with Crippen LogP contribution in [0, 0.1) is 11.3 Å². The molecule has 0 bridgehead atoms. The number of nitriles is 1. The van der Waals surface area contributed by atoms with E-state index >= 15 is 0 Å². The molecule has 3 heteroatoms. The second-order valence-electron chi connectivity index (χ2n) is 6.95. The van der Waals surface area contributed by atoms with Crippen LogP contribution in [0.2, 0.25) is 19.6 Å². The van der Waals surface area contributed by atoms with Gasteiger partial charge in [0.05, 0.1) is 6.07 Å². The molecule has 2 nitrogen and oxygen atoms in total. The molecule has 1 saturated carbocycles. The Bertz CT molecular complexity index is 464. The van der Waals surface area contributed by atoms with Crippen LogP contribution in [0.1, 0.15) is 37.7 Å². The Labute approximate surface area is 124 Å². The van der Waals surface area contributed by atoms with Gasteiger partial charge in [-0.1, -0.05) is 69.2 Å². The van der Waals surface area contributed by atoms with Gasteiger partial charge in [-0.05, 0) is 18.4 Å². The van der Waals surface area contributed by atoms with Crippen LogP contribution in [0.15, 0.2) is 30.3 Å². The summed E-state index contributed by atoms with van der Waals surface area (Å²) < 4.78 is 2.56. The zero-order chi connectivity index (χ0) is 14.6. The number of benzene rings is 1. The lowest BCUT2D eigenvalue weighted by atomic mass is 9.82. The lowest BCUT2D eigenvalue weighted by Crippen LogP contribution is -2.59. The average molecular weight is 286 g/mol. The summed E-state index contributed by atoms with van der Waals surface area (Å²) in [4.78, 5) is 0. The van der Waals surface area contributed by atoms with Crippen molar-refractivity contribution >= 4 is 8.24 Å². The summed E-state index contributed by atoms with van der Waals surface area (Å²) in [6.07, 6.45) is 5.77. The van der Waals surface area contributed by atoms with Gasteiger partial charge >= 0.3 is 0 Å². The Morgan fingerprint density at radius 2 is 1.70 bits per heavy atom. The van der Waals surface area contributed by atoms with E-state index in [1.165, 1.54) is 24.8 Å². The van der Waals surface area contributed by atoms with Gasteiger partial charge in [-0.3, -0.25) is 0 Å². The monoisotopic (exact) mass is 286 g/mol. The highest BCUT2D eigenvalue weighted by Crippen LogP contribution is 2.37. The number of hydrogen-bond donors (Lipinski definition) is 0. The zero-order valence-electron chi connectivity index (χ0n) is 13.0. The fourth-order valence-electron chi connectivity index (χ4n) is 3.38. The van der Waals surface area contributed by atoms with Crippen molar-refractivity contribution in [2.75, 3.05) is 0 Å². The van der Waals surface area contributed by atoms with Crippen LogP contribution < -0.4 is 0 Å². The molecule has 1 aromatic carbocycles. The molecule has 20 heavy (non-hydrogen) atoms. The normalized spacial score (nSPS) is 18.8. The van der Waals surface area contributed by atoms with Crippen LogP contribution in [0.25, 0.3) is 0 Å². The molecule has 0 N–H and O–H groups in total. The van der Waals surface area contributed by atoms with E-state index in [1.54, 1.807) is 0 Å². The van der Waals surface area contributed by atoms with Gasteiger partial charge in [-0.2, -0.15) is 5.26 Å². The number of nitrogens with zero attached hydrogens (tertiary/aromatic N) is 2. The predicted molar refractivity (Wildman–Crippen MR) is 86.8 cm³/mol. The van der Waals surface area contributed by atoms with E-state index in [-0.39, 0.29) is 5.54 Å². The lowest BCUT2D eigenvalue weighted by Gasteiger charge is -2.48. The van der Waals surface area contributed by atoms with Gasteiger partial charge in [0.15, 0.2) is 0 Å². The van der Waals surface area contributed by atoms with E-state index in [2.05, 4.69) is 60.6 Å². The Morgan fingerprint density at radius 3 is 2.20 bits per heavy atom. The molecule has 0 unspecified atom stereocenters. The summed E-state index contributed by atoms with van der Waals surface area (Å²) in [5, 5.41) is 9.88. The second kappa shape index (κ2) is 6.11. The smallest absolute Gasteiger partial charge is 0.121 e. The van der Waals surface area contributed by atoms with Crippen LogP contribution in [0.5, 0.6) is 0 Å². The highest BCUT2D eigenvalue weighted by atomic mass is 28.3. The largest absolute Gasteiger partial charge is 0.303 e. The summed E-state index contributed by atoms with van der Waals surface area (Å²) in [6, 6.07) is 13.3. The molecule has 0 heterocycles. The molecule has 1 aromatic rings. The summed E-state index contributed by atoms with van der Waals surface area (Å²) in [7, 11) is -1.54. The molecule has 1 fully saturated rings. The van der Waals surface area contributed by atoms with Gasteiger partial charge in [-0.15, -0.1) is 0 Å². The summed E-state index contributed by atoms with van der Waals surface area (Å²) in [5.74, 6) is 0. The van der Waals surface area contributed by atoms with Gasteiger partial charge in [0.25, 0.3) is 0 Å². The molecule has 0 amide bonds. The van der Waals surface area contributed by atoms with E-state index in [0.717, 1.165) is 19.4 Å². The van der Waals surface area contributed by atoms with Crippen molar-refractivity contribution in [1.82, 2.24) is 4.57 Å². The Balaban J connectivity index is 2.30. The molecule has 0 aliphatic heterocycles. The summed E-state index contributed by atoms with van der Waals surface area (Å²) in [6.45, 7) is 8.01. The van der Waals surface area contributed by atoms with Gasteiger partial charge in [-0.25, -0.2) is 0 Å². The molecular formula is C17H26N2Si. The minimum Gasteiger partial charge on any atom is -0.303 e. The van der Waals surface area contributed by atoms with Crippen LogP contribution >= 0.6 is 0 Å². The highest BCUT2D eigenvalue weighted by molar-refractivity contribution is 6.73. The fourth-order valence-corrected chi connectivity index (χ4v) is 5.59. The maximum absolute atomic E-state index is 9.88. The number of rotatable bonds is 4. The summed E-state index contributed by atoms with van der Waals surface area (Å²) >= 11 is 0. The van der Waals surface area contributed by atoms with Crippen molar-refractivity contribution in [3.8, 4) is 6.07 Å². The van der Waals surface area contributed by atoms with E-state index in [9.17, 15) is 5.26 Å². The molecule has 0 saturated heterocycles. The van der Waals surface area contributed by atoms with Crippen molar-refractivity contribution in [2.45, 2.75) is 63.8 Å². The second-order valence-corrected chi connectivity index (χ2v) is 11.8. The first-order valence-corrected chi connectivity index (χ1v) is 11.2. The molecule has 0 aromatic heterocycles. The van der Waals surface area contributed by atoms with Gasteiger partial charge in [0.2, 0.25) is 0 Å². The fraction of sp³-hybridized carbons (Fsp3) is 0.588. The predicted octanol–water partition coefficient (Wildman–Crippen LogP) is 4.55. The van der Waals surface area contributed by atoms with Crippen LogP contribution in [-0.4, -0.2) is 18.3 Å². The quantitative estimate of drug-likeness (QED) is 0.759. The highest BCUT2D eigenvalue weighted by Gasteiger charge is 2.43. The van der Waals surface area contributed by atoms with Crippen molar-refractivity contribution in [3.05, 3.63) is 35.9 Å². The van der Waals surface area contributed by atoms with E-state index in [1.807, 2.05) is 0 Å². The third kappa shape index (κ3) is 3.31. The van der Waals surface area contributed by atoms with Crippen LogP contribution in [0.3, 0.4) is 0 Å². The molecule has 2 rings (SSSR count). The third-order valence-electron chi connectivity index (χ3n) is 4.40. The standard InChI is InChI=1S/C17H26N2Si/c1-20(2,3)19(14-16-10-6-4-7-11-16)17(15-18)12-8-5-9-13-17/h4,6-7,10-11H,5,8-9,12-14H2,1-3H3. The molecule has 1 aliphatic carbocycles. The Morgan fingerprint density at radius 1 is 1.10 bits per heavy atom. The van der Waals surface area contributed by atoms with Crippen molar-refractivity contribution in [2.24, 2.45) is 0 Å². The van der Waals surface area contributed by atoms with E-state index in [0.29, 0.717) is 0 Å². The van der Waals surface area contributed by atoms with E-state index < -0.39 is 8.24 Å². The number of hydrogen-bond acceptors (Lipinski definition) is 2. The molecule has 108 valence electrons. The van der Waals surface area contributed by atoms with Gasteiger partial charge in [0, 0.05) is 6.54 Å². The summed E-state index contributed by atoms with van der Waals surface area (Å²) in [5.41, 5.74) is 1.11. The lowest BCUT2D eigenvalue weighted by molar-refractivity contribution is 0.171. The Kier molecular flexibility index (Phi) is 4.67. The van der Waals surface area contributed by atoms with Crippen molar-refractivity contribution in [1.29, 1.82) is 5.26 Å². The molecule has 0 radical (unpaired) electrons. The minimum absolute atomic E-state index is 0.224. The maximum atomic E-state index is 9.88. The molecule has 0 atom stereocenters. The van der Waals surface area contributed by atoms with E-state index in [4.69, 9.17) is 0 Å². The SMILES string of the molecule is C[Si](C)(C)N(Cc1ccccc1)C1(C#N)CCCCC1. The van der Waals surface area contributed by atoms with Crippen LogP contribution in [-0.2, 0) is 6.54 Å². The van der Waals surface area contributed by atoms with Crippen molar-refractivity contribution in [3.63, 3.8) is 0 Å².